The number of carbonyl (C=O) groups is 2. The Morgan fingerprint density at radius 2 is 1.83 bits per heavy atom. The summed E-state index contributed by atoms with van der Waals surface area (Å²) in [5.74, 6) is 1.14. The van der Waals surface area contributed by atoms with E-state index in [2.05, 4.69) is 5.32 Å². The molecule has 1 aliphatic heterocycles. The molecule has 0 bridgehead atoms. The molecular weight excluding hydrogens is 304 g/mol. The highest BCUT2D eigenvalue weighted by molar-refractivity contribution is 5.93. The topological polar surface area (TPSA) is 58.6 Å². The first kappa shape index (κ1) is 16.8. The molecule has 2 amide bonds. The van der Waals surface area contributed by atoms with Crippen LogP contribution < -0.4 is 10.1 Å². The Bertz CT molecular complexity index is 593. The van der Waals surface area contributed by atoms with Gasteiger partial charge in [0, 0.05) is 24.7 Å². The molecule has 5 nitrogen and oxygen atoms in total. The van der Waals surface area contributed by atoms with Crippen LogP contribution in [-0.4, -0.2) is 35.9 Å². The largest absolute Gasteiger partial charge is 0.491 e. The van der Waals surface area contributed by atoms with E-state index in [1.54, 1.807) is 0 Å². The van der Waals surface area contributed by atoms with Gasteiger partial charge in [0.1, 0.15) is 5.75 Å². The smallest absolute Gasteiger partial charge is 0.229 e. The van der Waals surface area contributed by atoms with Gasteiger partial charge in [-0.1, -0.05) is 0 Å². The Balaban J connectivity index is 1.54. The molecule has 1 aromatic carbocycles. The minimum Gasteiger partial charge on any atom is -0.491 e. The molecule has 1 atom stereocenters. The predicted octanol–water partition coefficient (Wildman–Crippen LogP) is 3.06. The lowest BCUT2D eigenvalue weighted by Crippen LogP contribution is -2.44. The van der Waals surface area contributed by atoms with Crippen LogP contribution in [0.1, 0.15) is 39.5 Å². The molecular formula is C19H26N2O3. The number of carbonyl (C=O) groups excluding carboxylic acids is 2. The van der Waals surface area contributed by atoms with Gasteiger partial charge in [0.25, 0.3) is 0 Å². The molecule has 0 radical (unpaired) electrons. The first-order chi connectivity index (χ1) is 11.5. The number of likely N-dealkylation sites (tertiary alicyclic amines) is 1. The van der Waals surface area contributed by atoms with E-state index in [9.17, 15) is 9.59 Å². The van der Waals surface area contributed by atoms with Crippen LogP contribution in [0.25, 0.3) is 0 Å². The van der Waals surface area contributed by atoms with Gasteiger partial charge in [0.15, 0.2) is 0 Å². The molecule has 0 spiro atoms. The van der Waals surface area contributed by atoms with E-state index in [0.717, 1.165) is 43.7 Å². The van der Waals surface area contributed by atoms with Crippen LogP contribution in [0.3, 0.4) is 0 Å². The third-order valence-corrected chi connectivity index (χ3v) is 4.52. The molecule has 1 aliphatic carbocycles. The SMILES string of the molecule is CC(C)Oc1ccc(NC(=O)[C@H]2CCCN(C(=O)C3CC3)C2)cc1. The molecule has 1 N–H and O–H groups in total. The zero-order valence-corrected chi connectivity index (χ0v) is 14.5. The summed E-state index contributed by atoms with van der Waals surface area (Å²) in [6.45, 7) is 5.30. The van der Waals surface area contributed by atoms with Crippen LogP contribution in [0, 0.1) is 11.8 Å². The Kier molecular flexibility index (Phi) is 5.07. The van der Waals surface area contributed by atoms with Crippen molar-refractivity contribution in [1.29, 1.82) is 0 Å². The van der Waals surface area contributed by atoms with Gasteiger partial charge in [-0.15, -0.1) is 0 Å². The number of nitrogens with one attached hydrogen (secondary N) is 1. The molecule has 24 heavy (non-hydrogen) atoms. The molecule has 0 aromatic heterocycles. The quantitative estimate of drug-likeness (QED) is 0.903. The number of amides is 2. The number of anilines is 1. The third kappa shape index (κ3) is 4.28. The minimum absolute atomic E-state index is 0.000764. The highest BCUT2D eigenvalue weighted by Crippen LogP contribution is 2.32. The number of ether oxygens (including phenoxy) is 1. The second-order valence-electron chi connectivity index (χ2n) is 7.08. The molecule has 130 valence electrons. The van der Waals surface area contributed by atoms with Crippen LogP contribution in [0.5, 0.6) is 5.75 Å². The van der Waals surface area contributed by atoms with Crippen molar-refractivity contribution < 1.29 is 14.3 Å². The number of nitrogens with zero attached hydrogens (tertiary/aromatic N) is 1. The van der Waals surface area contributed by atoms with Gasteiger partial charge in [-0.05, 0) is 63.8 Å². The summed E-state index contributed by atoms with van der Waals surface area (Å²) >= 11 is 0. The second kappa shape index (κ2) is 7.24. The Morgan fingerprint density at radius 3 is 2.46 bits per heavy atom. The number of rotatable bonds is 5. The minimum atomic E-state index is -0.118. The van der Waals surface area contributed by atoms with E-state index in [4.69, 9.17) is 4.74 Å². The highest BCUT2D eigenvalue weighted by Gasteiger charge is 2.36. The Hall–Kier alpha value is -2.04. The zero-order chi connectivity index (χ0) is 17.1. The van der Waals surface area contributed by atoms with Crippen LogP contribution >= 0.6 is 0 Å². The van der Waals surface area contributed by atoms with Gasteiger partial charge in [-0.2, -0.15) is 0 Å². The van der Waals surface area contributed by atoms with Crippen molar-refractivity contribution in [2.24, 2.45) is 11.8 Å². The lowest BCUT2D eigenvalue weighted by atomic mass is 9.96. The first-order valence-electron chi connectivity index (χ1n) is 8.89. The fraction of sp³-hybridized carbons (Fsp3) is 0.579. The summed E-state index contributed by atoms with van der Waals surface area (Å²) in [6, 6.07) is 7.43. The van der Waals surface area contributed by atoms with Crippen LogP contribution in [0.4, 0.5) is 5.69 Å². The van der Waals surface area contributed by atoms with E-state index in [1.807, 2.05) is 43.0 Å². The van der Waals surface area contributed by atoms with Crippen molar-refractivity contribution in [3.05, 3.63) is 24.3 Å². The van der Waals surface area contributed by atoms with Crippen molar-refractivity contribution in [3.8, 4) is 5.75 Å². The number of piperidine rings is 1. The van der Waals surface area contributed by atoms with Gasteiger partial charge in [0.05, 0.1) is 12.0 Å². The second-order valence-corrected chi connectivity index (χ2v) is 7.08. The summed E-state index contributed by atoms with van der Waals surface area (Å²) in [5.41, 5.74) is 0.766. The van der Waals surface area contributed by atoms with Gasteiger partial charge in [-0.3, -0.25) is 9.59 Å². The Morgan fingerprint density at radius 1 is 1.12 bits per heavy atom. The monoisotopic (exact) mass is 330 g/mol. The molecule has 5 heteroatoms. The molecule has 3 rings (SSSR count). The molecule has 2 fully saturated rings. The molecule has 1 heterocycles. The number of hydrogen-bond donors (Lipinski definition) is 1. The van der Waals surface area contributed by atoms with Crippen LogP contribution in [0.15, 0.2) is 24.3 Å². The average molecular weight is 330 g/mol. The lowest BCUT2D eigenvalue weighted by molar-refractivity contribution is -0.135. The maximum absolute atomic E-state index is 12.5. The number of benzene rings is 1. The summed E-state index contributed by atoms with van der Waals surface area (Å²) < 4.78 is 5.60. The van der Waals surface area contributed by atoms with E-state index < -0.39 is 0 Å². The summed E-state index contributed by atoms with van der Waals surface area (Å²) in [6.07, 6.45) is 3.89. The van der Waals surface area contributed by atoms with Gasteiger partial charge >= 0.3 is 0 Å². The van der Waals surface area contributed by atoms with Crippen molar-refractivity contribution >= 4 is 17.5 Å². The summed E-state index contributed by atoms with van der Waals surface area (Å²) in [5, 5.41) is 2.96. The normalized spacial score (nSPS) is 20.8. The lowest BCUT2D eigenvalue weighted by Gasteiger charge is -2.32. The van der Waals surface area contributed by atoms with Crippen molar-refractivity contribution in [2.45, 2.75) is 45.6 Å². The van der Waals surface area contributed by atoms with Crippen molar-refractivity contribution in [3.63, 3.8) is 0 Å². The predicted molar refractivity (Wildman–Crippen MR) is 92.9 cm³/mol. The van der Waals surface area contributed by atoms with E-state index >= 15 is 0 Å². The summed E-state index contributed by atoms with van der Waals surface area (Å²) in [4.78, 5) is 26.6. The molecule has 1 aromatic rings. The van der Waals surface area contributed by atoms with E-state index in [1.165, 1.54) is 0 Å². The molecule has 0 unspecified atom stereocenters. The van der Waals surface area contributed by atoms with Gasteiger partial charge in [-0.25, -0.2) is 0 Å². The Labute approximate surface area is 143 Å². The van der Waals surface area contributed by atoms with E-state index in [0.29, 0.717) is 6.54 Å². The highest BCUT2D eigenvalue weighted by atomic mass is 16.5. The molecule has 1 saturated carbocycles. The fourth-order valence-corrected chi connectivity index (χ4v) is 3.11. The molecule has 1 saturated heterocycles. The van der Waals surface area contributed by atoms with Crippen LogP contribution in [-0.2, 0) is 9.59 Å². The number of hydrogen-bond acceptors (Lipinski definition) is 3. The standard InChI is InChI=1S/C19H26N2O3/c1-13(2)24-17-9-7-16(8-10-17)20-18(22)15-4-3-11-21(12-15)19(23)14-5-6-14/h7-10,13-15H,3-6,11-12H2,1-2H3,(H,20,22)/t15-/m0/s1. The zero-order valence-electron chi connectivity index (χ0n) is 14.5. The summed E-state index contributed by atoms with van der Waals surface area (Å²) in [7, 11) is 0. The van der Waals surface area contributed by atoms with E-state index in [-0.39, 0.29) is 29.8 Å². The van der Waals surface area contributed by atoms with Gasteiger partial charge < -0.3 is 15.0 Å². The van der Waals surface area contributed by atoms with Gasteiger partial charge in [0.2, 0.25) is 11.8 Å². The van der Waals surface area contributed by atoms with Crippen LogP contribution in [0.2, 0.25) is 0 Å². The maximum atomic E-state index is 12.5. The maximum Gasteiger partial charge on any atom is 0.229 e. The van der Waals surface area contributed by atoms with Crippen molar-refractivity contribution in [2.75, 3.05) is 18.4 Å². The van der Waals surface area contributed by atoms with Crippen molar-refractivity contribution in [1.82, 2.24) is 4.90 Å². The third-order valence-electron chi connectivity index (χ3n) is 4.52. The fourth-order valence-electron chi connectivity index (χ4n) is 3.11. The average Bonchev–Trinajstić information content (AvgIpc) is 3.40. The first-order valence-corrected chi connectivity index (χ1v) is 8.89. The molecule has 2 aliphatic rings.